The van der Waals surface area contributed by atoms with Crippen molar-refractivity contribution in [3.8, 4) is 11.3 Å². The van der Waals surface area contributed by atoms with Crippen molar-refractivity contribution in [1.82, 2.24) is 15.2 Å². The van der Waals surface area contributed by atoms with Crippen LogP contribution in [0.4, 0.5) is 0 Å². The molecule has 2 aromatic rings. The van der Waals surface area contributed by atoms with Crippen molar-refractivity contribution in [1.29, 1.82) is 0 Å². The molecule has 0 radical (unpaired) electrons. The molecule has 2 heterocycles. The van der Waals surface area contributed by atoms with E-state index in [1.54, 1.807) is 0 Å². The first-order valence-electron chi connectivity index (χ1n) is 7.33. The van der Waals surface area contributed by atoms with Gasteiger partial charge in [-0.3, -0.25) is 4.90 Å². The van der Waals surface area contributed by atoms with Crippen LogP contribution in [-0.4, -0.2) is 36.1 Å². The molecule has 3 nitrogen and oxygen atoms in total. The highest BCUT2D eigenvalue weighted by Crippen LogP contribution is 2.33. The van der Waals surface area contributed by atoms with Crippen molar-refractivity contribution in [2.75, 3.05) is 26.2 Å². The molecule has 1 fully saturated rings. The van der Waals surface area contributed by atoms with Crippen molar-refractivity contribution in [2.24, 2.45) is 0 Å². The number of halogens is 1. The molecule has 112 valence electrons. The van der Waals surface area contributed by atoms with Crippen LogP contribution in [0.1, 0.15) is 22.9 Å². The normalized spacial score (nSPS) is 17.9. The standard InChI is InChI=1S/C16H20BrN3S/c1-11(20-9-7-18-8-10-20)16-19-15(12(2)21-16)13-3-5-14(17)6-4-13/h3-6,11,18H,7-10H2,1-2H3. The SMILES string of the molecule is Cc1sc(C(C)N2CCNCC2)nc1-c1ccc(Br)cc1. The van der Waals surface area contributed by atoms with Gasteiger partial charge in [0.2, 0.25) is 0 Å². The fraction of sp³-hybridized carbons (Fsp3) is 0.438. The highest BCUT2D eigenvalue weighted by Gasteiger charge is 2.22. The molecule has 0 spiro atoms. The number of piperazine rings is 1. The van der Waals surface area contributed by atoms with Crippen molar-refractivity contribution in [3.63, 3.8) is 0 Å². The van der Waals surface area contributed by atoms with Gasteiger partial charge in [0, 0.05) is 41.1 Å². The predicted octanol–water partition coefficient (Wildman–Crippen LogP) is 3.85. The fourth-order valence-electron chi connectivity index (χ4n) is 2.70. The summed E-state index contributed by atoms with van der Waals surface area (Å²) in [5.74, 6) is 0. The quantitative estimate of drug-likeness (QED) is 0.895. The Morgan fingerprint density at radius 2 is 1.90 bits per heavy atom. The minimum atomic E-state index is 0.403. The Labute approximate surface area is 138 Å². The fourth-order valence-corrected chi connectivity index (χ4v) is 3.99. The van der Waals surface area contributed by atoms with Crippen LogP contribution in [0.5, 0.6) is 0 Å². The van der Waals surface area contributed by atoms with Crippen LogP contribution in [0.3, 0.4) is 0 Å². The molecule has 0 aliphatic carbocycles. The minimum absolute atomic E-state index is 0.403. The van der Waals surface area contributed by atoms with Gasteiger partial charge in [0.05, 0.1) is 11.7 Å². The number of benzene rings is 1. The molecule has 0 bridgehead atoms. The average molecular weight is 366 g/mol. The first-order chi connectivity index (χ1) is 10.1. The summed E-state index contributed by atoms with van der Waals surface area (Å²) in [6.45, 7) is 8.81. The molecule has 0 saturated carbocycles. The maximum absolute atomic E-state index is 4.93. The molecule has 1 aromatic carbocycles. The minimum Gasteiger partial charge on any atom is -0.314 e. The Morgan fingerprint density at radius 3 is 2.57 bits per heavy atom. The zero-order valence-corrected chi connectivity index (χ0v) is 14.8. The van der Waals surface area contributed by atoms with E-state index in [0.29, 0.717) is 6.04 Å². The van der Waals surface area contributed by atoms with Gasteiger partial charge in [-0.25, -0.2) is 4.98 Å². The Balaban J connectivity index is 1.84. The van der Waals surface area contributed by atoms with Crippen LogP contribution < -0.4 is 5.32 Å². The number of hydrogen-bond donors (Lipinski definition) is 1. The lowest BCUT2D eigenvalue weighted by Crippen LogP contribution is -2.44. The van der Waals surface area contributed by atoms with Gasteiger partial charge < -0.3 is 5.32 Å². The second-order valence-corrected chi connectivity index (χ2v) is 7.58. The molecular formula is C16H20BrN3S. The summed E-state index contributed by atoms with van der Waals surface area (Å²) in [6.07, 6.45) is 0. The molecule has 1 N–H and O–H groups in total. The first kappa shape index (κ1) is 15.2. The zero-order valence-electron chi connectivity index (χ0n) is 12.4. The van der Waals surface area contributed by atoms with E-state index in [1.807, 2.05) is 11.3 Å². The van der Waals surface area contributed by atoms with Gasteiger partial charge in [-0.1, -0.05) is 28.1 Å². The smallest absolute Gasteiger partial charge is 0.110 e. The largest absolute Gasteiger partial charge is 0.314 e. The van der Waals surface area contributed by atoms with Crippen molar-refractivity contribution >= 4 is 27.3 Å². The second-order valence-electron chi connectivity index (χ2n) is 5.43. The van der Waals surface area contributed by atoms with E-state index in [9.17, 15) is 0 Å². The lowest BCUT2D eigenvalue weighted by Gasteiger charge is -2.31. The molecule has 1 atom stereocenters. The lowest BCUT2D eigenvalue weighted by molar-refractivity contribution is 0.185. The Bertz CT molecular complexity index is 602. The van der Waals surface area contributed by atoms with Gasteiger partial charge in [0.1, 0.15) is 5.01 Å². The summed E-state index contributed by atoms with van der Waals surface area (Å²) in [6, 6.07) is 8.82. The molecule has 1 aliphatic heterocycles. The van der Waals surface area contributed by atoms with Gasteiger partial charge >= 0.3 is 0 Å². The van der Waals surface area contributed by atoms with Gasteiger partial charge in [-0.05, 0) is 26.0 Å². The first-order valence-corrected chi connectivity index (χ1v) is 8.94. The van der Waals surface area contributed by atoms with Crippen molar-refractivity contribution in [3.05, 3.63) is 38.6 Å². The average Bonchev–Trinajstić information content (AvgIpc) is 2.90. The molecule has 1 saturated heterocycles. The summed E-state index contributed by atoms with van der Waals surface area (Å²) in [4.78, 5) is 8.74. The molecule has 1 unspecified atom stereocenters. The topological polar surface area (TPSA) is 28.2 Å². The number of aryl methyl sites for hydroxylation is 1. The van der Waals surface area contributed by atoms with E-state index in [-0.39, 0.29) is 0 Å². The Morgan fingerprint density at radius 1 is 1.24 bits per heavy atom. The number of thiazole rings is 1. The molecule has 0 amide bonds. The van der Waals surface area contributed by atoms with Crippen LogP contribution in [0, 0.1) is 6.92 Å². The van der Waals surface area contributed by atoms with E-state index in [1.165, 1.54) is 15.4 Å². The number of hydrogen-bond acceptors (Lipinski definition) is 4. The molecule has 1 aromatic heterocycles. The molecular weight excluding hydrogens is 346 g/mol. The second kappa shape index (κ2) is 6.57. The zero-order chi connectivity index (χ0) is 14.8. The summed E-state index contributed by atoms with van der Waals surface area (Å²) in [7, 11) is 0. The highest BCUT2D eigenvalue weighted by atomic mass is 79.9. The summed E-state index contributed by atoms with van der Waals surface area (Å²) >= 11 is 5.32. The van der Waals surface area contributed by atoms with Gasteiger partial charge in [-0.15, -0.1) is 11.3 Å². The number of nitrogens with one attached hydrogen (secondary N) is 1. The summed E-state index contributed by atoms with van der Waals surface area (Å²) in [5, 5.41) is 4.63. The number of nitrogens with zero attached hydrogens (tertiary/aromatic N) is 2. The van der Waals surface area contributed by atoms with Crippen LogP contribution in [0.2, 0.25) is 0 Å². The summed E-state index contributed by atoms with van der Waals surface area (Å²) < 4.78 is 1.11. The van der Waals surface area contributed by atoms with Gasteiger partial charge in [0.15, 0.2) is 0 Å². The van der Waals surface area contributed by atoms with Crippen LogP contribution in [0.25, 0.3) is 11.3 Å². The number of aromatic nitrogens is 1. The lowest BCUT2D eigenvalue weighted by atomic mass is 10.1. The van der Waals surface area contributed by atoms with E-state index >= 15 is 0 Å². The molecule has 5 heteroatoms. The third-order valence-electron chi connectivity index (χ3n) is 3.99. The van der Waals surface area contributed by atoms with Crippen LogP contribution >= 0.6 is 27.3 Å². The summed E-state index contributed by atoms with van der Waals surface area (Å²) in [5.41, 5.74) is 2.33. The Kier molecular flexibility index (Phi) is 4.74. The third kappa shape index (κ3) is 3.37. The van der Waals surface area contributed by atoms with E-state index in [0.717, 1.165) is 36.3 Å². The van der Waals surface area contributed by atoms with E-state index in [4.69, 9.17) is 4.98 Å². The van der Waals surface area contributed by atoms with E-state index in [2.05, 4.69) is 64.3 Å². The van der Waals surface area contributed by atoms with Gasteiger partial charge in [0.25, 0.3) is 0 Å². The Hall–Kier alpha value is -0.750. The van der Waals surface area contributed by atoms with Crippen LogP contribution in [0.15, 0.2) is 28.7 Å². The van der Waals surface area contributed by atoms with Crippen molar-refractivity contribution < 1.29 is 0 Å². The van der Waals surface area contributed by atoms with E-state index < -0.39 is 0 Å². The molecule has 21 heavy (non-hydrogen) atoms. The third-order valence-corrected chi connectivity index (χ3v) is 5.66. The van der Waals surface area contributed by atoms with Gasteiger partial charge in [-0.2, -0.15) is 0 Å². The van der Waals surface area contributed by atoms with Crippen molar-refractivity contribution in [2.45, 2.75) is 19.9 Å². The van der Waals surface area contributed by atoms with Crippen LogP contribution in [-0.2, 0) is 0 Å². The maximum atomic E-state index is 4.93. The predicted molar refractivity (Wildman–Crippen MR) is 92.8 cm³/mol. The number of rotatable bonds is 3. The highest BCUT2D eigenvalue weighted by molar-refractivity contribution is 9.10. The maximum Gasteiger partial charge on any atom is 0.110 e. The monoisotopic (exact) mass is 365 g/mol. The molecule has 1 aliphatic rings. The molecule has 3 rings (SSSR count).